The maximum atomic E-state index is 10.8. The highest BCUT2D eigenvalue weighted by atomic mass is 16.4. The second kappa shape index (κ2) is 6.24. The summed E-state index contributed by atoms with van der Waals surface area (Å²) in [7, 11) is 0. The molecule has 1 aliphatic carbocycles. The summed E-state index contributed by atoms with van der Waals surface area (Å²) < 4.78 is 5.20. The Balaban J connectivity index is 1.83. The molecule has 2 unspecified atom stereocenters. The molecule has 1 saturated carbocycles. The fourth-order valence-electron chi connectivity index (χ4n) is 2.89. The Bertz CT molecular complexity index is 439. The van der Waals surface area contributed by atoms with Crippen molar-refractivity contribution in [2.24, 2.45) is 11.8 Å². The van der Waals surface area contributed by atoms with Crippen molar-refractivity contribution in [2.45, 2.75) is 46.1 Å². The van der Waals surface area contributed by atoms with Crippen molar-refractivity contribution >= 4 is 5.97 Å². The molecule has 19 heavy (non-hydrogen) atoms. The second-order valence-electron chi connectivity index (χ2n) is 5.65. The molecule has 0 aliphatic heterocycles. The van der Waals surface area contributed by atoms with E-state index < -0.39 is 5.97 Å². The van der Waals surface area contributed by atoms with Gasteiger partial charge in [0.05, 0.1) is 0 Å². The predicted molar refractivity (Wildman–Crippen MR) is 73.2 cm³/mol. The first kappa shape index (κ1) is 14.1. The van der Waals surface area contributed by atoms with Crippen molar-refractivity contribution in [1.29, 1.82) is 0 Å². The first-order valence-electron chi connectivity index (χ1n) is 7.11. The molecule has 106 valence electrons. The van der Waals surface area contributed by atoms with E-state index in [0.29, 0.717) is 12.3 Å². The fourth-order valence-corrected chi connectivity index (χ4v) is 2.89. The van der Waals surface area contributed by atoms with Gasteiger partial charge in [-0.15, -0.1) is 0 Å². The minimum absolute atomic E-state index is 0.0281. The third-order valence-electron chi connectivity index (χ3n) is 4.24. The van der Waals surface area contributed by atoms with Crippen molar-refractivity contribution in [3.63, 3.8) is 0 Å². The third kappa shape index (κ3) is 3.60. The minimum atomic E-state index is -1.00. The van der Waals surface area contributed by atoms with Gasteiger partial charge in [-0.05, 0) is 37.8 Å². The molecule has 1 aromatic rings. The van der Waals surface area contributed by atoms with Crippen LogP contribution in [0.2, 0.25) is 0 Å². The third-order valence-corrected chi connectivity index (χ3v) is 4.24. The monoisotopic (exact) mass is 265 g/mol. The first-order chi connectivity index (χ1) is 9.08. The highest BCUT2D eigenvalue weighted by Gasteiger charge is 2.21. The van der Waals surface area contributed by atoms with Gasteiger partial charge >= 0.3 is 5.97 Å². The van der Waals surface area contributed by atoms with Crippen LogP contribution < -0.4 is 5.32 Å². The summed E-state index contributed by atoms with van der Waals surface area (Å²) in [5.74, 6) is 1.26. The number of aryl methyl sites for hydroxylation is 1. The van der Waals surface area contributed by atoms with Gasteiger partial charge in [0.2, 0.25) is 5.76 Å². The fraction of sp³-hybridized carbons (Fsp3) is 0.667. The van der Waals surface area contributed by atoms with Gasteiger partial charge in [-0.1, -0.05) is 26.2 Å². The molecule has 0 radical (unpaired) electrons. The van der Waals surface area contributed by atoms with Crippen molar-refractivity contribution in [1.82, 2.24) is 5.32 Å². The Morgan fingerprint density at radius 2 is 2.21 bits per heavy atom. The lowest BCUT2D eigenvalue weighted by Crippen LogP contribution is -2.29. The zero-order valence-corrected chi connectivity index (χ0v) is 11.7. The number of rotatable bonds is 5. The summed E-state index contributed by atoms with van der Waals surface area (Å²) in [5, 5.41) is 12.3. The summed E-state index contributed by atoms with van der Waals surface area (Å²) in [5.41, 5.74) is 0.945. The standard InChI is InChI=1S/C15H23NO3/c1-10-5-3-4-6-12(10)8-16-9-13-7-14(15(17)18)19-11(13)2/h7,10,12,16H,3-6,8-9H2,1-2H3,(H,17,18). The highest BCUT2D eigenvalue weighted by molar-refractivity contribution is 5.84. The van der Waals surface area contributed by atoms with Crippen molar-refractivity contribution in [3.05, 3.63) is 23.2 Å². The van der Waals surface area contributed by atoms with Crippen LogP contribution in [0.15, 0.2) is 10.5 Å². The Hall–Kier alpha value is -1.29. The normalized spacial score (nSPS) is 23.5. The minimum Gasteiger partial charge on any atom is -0.475 e. The molecular weight excluding hydrogens is 242 g/mol. The van der Waals surface area contributed by atoms with Crippen LogP contribution in [-0.4, -0.2) is 17.6 Å². The van der Waals surface area contributed by atoms with Crippen molar-refractivity contribution in [3.8, 4) is 0 Å². The predicted octanol–water partition coefficient (Wildman–Crippen LogP) is 3.20. The van der Waals surface area contributed by atoms with Gasteiger partial charge < -0.3 is 14.8 Å². The Morgan fingerprint density at radius 3 is 2.84 bits per heavy atom. The van der Waals surface area contributed by atoms with E-state index in [0.717, 1.165) is 23.9 Å². The summed E-state index contributed by atoms with van der Waals surface area (Å²) in [4.78, 5) is 10.8. The van der Waals surface area contributed by atoms with Gasteiger partial charge in [-0.25, -0.2) is 4.79 Å². The molecule has 0 aromatic carbocycles. The molecule has 2 atom stereocenters. The quantitative estimate of drug-likeness (QED) is 0.858. The van der Waals surface area contributed by atoms with E-state index in [9.17, 15) is 4.79 Å². The lowest BCUT2D eigenvalue weighted by atomic mass is 9.80. The van der Waals surface area contributed by atoms with E-state index in [2.05, 4.69) is 12.2 Å². The smallest absolute Gasteiger partial charge is 0.371 e. The number of carbonyl (C=O) groups is 1. The summed E-state index contributed by atoms with van der Waals surface area (Å²) >= 11 is 0. The zero-order chi connectivity index (χ0) is 13.8. The van der Waals surface area contributed by atoms with E-state index in [1.165, 1.54) is 25.7 Å². The van der Waals surface area contributed by atoms with Crippen LogP contribution in [0.5, 0.6) is 0 Å². The zero-order valence-electron chi connectivity index (χ0n) is 11.7. The van der Waals surface area contributed by atoms with Gasteiger partial charge in [-0.3, -0.25) is 0 Å². The lowest BCUT2D eigenvalue weighted by molar-refractivity contribution is 0.0661. The lowest BCUT2D eigenvalue weighted by Gasteiger charge is -2.28. The molecule has 1 aliphatic rings. The Morgan fingerprint density at radius 1 is 1.47 bits per heavy atom. The highest BCUT2D eigenvalue weighted by Crippen LogP contribution is 2.29. The van der Waals surface area contributed by atoms with Crippen LogP contribution in [0.1, 0.15) is 54.5 Å². The first-order valence-corrected chi connectivity index (χ1v) is 7.11. The van der Waals surface area contributed by atoms with Crippen LogP contribution >= 0.6 is 0 Å². The summed E-state index contributed by atoms with van der Waals surface area (Å²) in [6, 6.07) is 1.62. The van der Waals surface area contributed by atoms with E-state index in [4.69, 9.17) is 9.52 Å². The van der Waals surface area contributed by atoms with Crippen LogP contribution in [0.4, 0.5) is 0 Å². The average Bonchev–Trinajstić information content (AvgIpc) is 2.74. The number of nitrogens with one attached hydrogen (secondary N) is 1. The second-order valence-corrected chi connectivity index (χ2v) is 5.65. The molecule has 0 saturated heterocycles. The molecule has 2 rings (SSSR count). The van der Waals surface area contributed by atoms with Gasteiger partial charge in [0.15, 0.2) is 0 Å². The van der Waals surface area contributed by atoms with E-state index in [1.54, 1.807) is 6.07 Å². The molecule has 1 aromatic heterocycles. The van der Waals surface area contributed by atoms with Gasteiger partial charge in [-0.2, -0.15) is 0 Å². The number of hydrogen-bond donors (Lipinski definition) is 2. The van der Waals surface area contributed by atoms with Crippen LogP contribution in [-0.2, 0) is 6.54 Å². The maximum absolute atomic E-state index is 10.8. The van der Waals surface area contributed by atoms with Crippen LogP contribution in [0.3, 0.4) is 0 Å². The van der Waals surface area contributed by atoms with Crippen LogP contribution in [0, 0.1) is 18.8 Å². The van der Waals surface area contributed by atoms with Gasteiger partial charge in [0.25, 0.3) is 0 Å². The Labute approximate surface area is 114 Å². The number of furan rings is 1. The topological polar surface area (TPSA) is 62.5 Å². The molecule has 2 N–H and O–H groups in total. The Kier molecular flexibility index (Phi) is 4.64. The molecule has 0 spiro atoms. The summed E-state index contributed by atoms with van der Waals surface area (Å²) in [6.45, 7) is 5.84. The SMILES string of the molecule is Cc1oc(C(=O)O)cc1CNCC1CCCCC1C. The molecule has 0 bridgehead atoms. The number of carboxylic acid groups (broad SMARTS) is 1. The number of carboxylic acids is 1. The average molecular weight is 265 g/mol. The van der Waals surface area contributed by atoms with E-state index >= 15 is 0 Å². The number of aromatic carboxylic acids is 1. The van der Waals surface area contributed by atoms with Crippen molar-refractivity contribution < 1.29 is 14.3 Å². The van der Waals surface area contributed by atoms with E-state index in [1.807, 2.05) is 6.92 Å². The maximum Gasteiger partial charge on any atom is 0.371 e. The van der Waals surface area contributed by atoms with Crippen LogP contribution in [0.25, 0.3) is 0 Å². The van der Waals surface area contributed by atoms with E-state index in [-0.39, 0.29) is 5.76 Å². The molecule has 0 amide bonds. The molecule has 4 nitrogen and oxygen atoms in total. The molecule has 4 heteroatoms. The number of hydrogen-bond acceptors (Lipinski definition) is 3. The summed E-state index contributed by atoms with van der Waals surface area (Å²) in [6.07, 6.45) is 5.34. The largest absolute Gasteiger partial charge is 0.475 e. The molecule has 1 fully saturated rings. The molecule has 1 heterocycles. The molecular formula is C15H23NO3. The van der Waals surface area contributed by atoms with Gasteiger partial charge in [0.1, 0.15) is 5.76 Å². The van der Waals surface area contributed by atoms with Gasteiger partial charge in [0, 0.05) is 12.1 Å². The van der Waals surface area contributed by atoms with Crippen molar-refractivity contribution in [2.75, 3.05) is 6.54 Å².